The van der Waals surface area contributed by atoms with Crippen LogP contribution in [0.5, 0.6) is 0 Å². The Morgan fingerprint density at radius 1 is 1.13 bits per heavy atom. The molecule has 0 bridgehead atoms. The summed E-state index contributed by atoms with van der Waals surface area (Å²) in [6, 6.07) is 5.46. The molecule has 158 valence electrons. The van der Waals surface area contributed by atoms with Crippen molar-refractivity contribution in [1.29, 1.82) is 0 Å². The summed E-state index contributed by atoms with van der Waals surface area (Å²) >= 11 is 0. The number of esters is 1. The number of carboxylic acid groups (broad SMARTS) is 1. The summed E-state index contributed by atoms with van der Waals surface area (Å²) in [4.78, 5) is 34.7. The zero-order valence-electron chi connectivity index (χ0n) is 16.9. The normalized spacial score (nSPS) is 13.1. The summed E-state index contributed by atoms with van der Waals surface area (Å²) in [5.41, 5.74) is 0.435. The van der Waals surface area contributed by atoms with E-state index in [0.29, 0.717) is 5.56 Å². The van der Waals surface area contributed by atoms with Gasteiger partial charge in [0.1, 0.15) is 12.4 Å². The number of nitrogens with zero attached hydrogens (tertiary/aromatic N) is 4. The maximum Gasteiger partial charge on any atom is 1.00 e. The van der Waals surface area contributed by atoms with Crippen LogP contribution >= 0.6 is 0 Å². The first-order valence-corrected chi connectivity index (χ1v) is 8.19. The molecule has 12 heteroatoms. The van der Waals surface area contributed by atoms with Gasteiger partial charge in [0.2, 0.25) is 0 Å². The van der Waals surface area contributed by atoms with Crippen molar-refractivity contribution in [3.05, 3.63) is 70.6 Å². The Kier molecular flexibility index (Phi) is 15.9. The second-order valence-electron chi connectivity index (χ2n) is 5.29. The summed E-state index contributed by atoms with van der Waals surface area (Å²) in [5, 5.41) is 17.0. The molecule has 0 spiro atoms. The molecule has 1 aliphatic rings. The van der Waals surface area contributed by atoms with Crippen LogP contribution in [-0.4, -0.2) is 57.6 Å². The number of carbonyl (C=O) groups excluding carboxylic acids is 1. The van der Waals surface area contributed by atoms with Crippen molar-refractivity contribution in [3.63, 3.8) is 0 Å². The average Bonchev–Trinajstić information content (AvgIpc) is 3.25. The number of rotatable bonds is 2. The molecule has 1 saturated heterocycles. The number of aliphatic hydroxyl groups excluding tert-OH is 1. The van der Waals surface area contributed by atoms with Gasteiger partial charge >= 0.3 is 30.8 Å². The number of aromatic carboxylic acids is 1. The number of methoxy groups -OCH3 is 1. The second kappa shape index (κ2) is 16.5. The summed E-state index contributed by atoms with van der Waals surface area (Å²) in [6.07, 6.45) is 4.09. The standard InChI is InChI=1S/C8H6N2O2.C7H4N2O2.C4H8O2.Li.H2O/c1-9-7-5-6(3-4-10-7)8(11)12-2;1-8-6-4-5(7(10)11)2-3-9-6;5-4-2-1-3-6-4;;/h3-5H,2H3;2-4H,(H,10,11);4-5H,1-3H2;;1H2/q;;;+1;/p-1. The van der Waals surface area contributed by atoms with Crippen LogP contribution in [0.2, 0.25) is 0 Å². The van der Waals surface area contributed by atoms with Gasteiger partial charge in [-0.15, -0.1) is 9.97 Å². The number of carbonyl (C=O) groups is 2. The zero-order chi connectivity index (χ0) is 21.6. The third kappa shape index (κ3) is 11.5. The molecule has 3 rings (SSSR count). The Balaban J connectivity index is 0. The number of pyridine rings is 2. The van der Waals surface area contributed by atoms with Gasteiger partial charge in [0.15, 0.2) is 6.29 Å². The minimum Gasteiger partial charge on any atom is -0.870 e. The fraction of sp³-hybridized carbons (Fsp3) is 0.263. The number of aliphatic hydroxyl groups is 1. The van der Waals surface area contributed by atoms with Crippen LogP contribution in [0.1, 0.15) is 33.6 Å². The predicted octanol–water partition coefficient (Wildman–Crippen LogP) is -0.308. The van der Waals surface area contributed by atoms with Crippen LogP contribution in [-0.2, 0) is 9.47 Å². The van der Waals surface area contributed by atoms with E-state index in [1.165, 1.54) is 43.8 Å². The Hall–Kier alpha value is -3.30. The summed E-state index contributed by atoms with van der Waals surface area (Å²) in [6.45, 7) is 13.9. The Morgan fingerprint density at radius 3 is 2.00 bits per heavy atom. The van der Waals surface area contributed by atoms with E-state index in [-0.39, 0.29) is 41.5 Å². The molecule has 0 aliphatic carbocycles. The molecule has 2 aromatic rings. The smallest absolute Gasteiger partial charge is 0.870 e. The monoisotopic (exact) mass is 422 g/mol. The van der Waals surface area contributed by atoms with Crippen molar-refractivity contribution in [3.8, 4) is 0 Å². The van der Waals surface area contributed by atoms with Gasteiger partial charge in [0, 0.05) is 13.0 Å². The third-order valence-electron chi connectivity index (χ3n) is 3.29. The maximum absolute atomic E-state index is 10.9. The molecule has 0 radical (unpaired) electrons. The van der Waals surface area contributed by atoms with Crippen LogP contribution in [0.25, 0.3) is 9.69 Å². The van der Waals surface area contributed by atoms with E-state index in [0.717, 1.165) is 19.4 Å². The van der Waals surface area contributed by atoms with Crippen LogP contribution in [0.4, 0.5) is 11.6 Å². The molecular formula is C19H19LiN4O7. The van der Waals surface area contributed by atoms with E-state index in [4.69, 9.17) is 28.1 Å². The van der Waals surface area contributed by atoms with E-state index >= 15 is 0 Å². The van der Waals surface area contributed by atoms with E-state index in [9.17, 15) is 9.59 Å². The van der Waals surface area contributed by atoms with Crippen molar-refractivity contribution in [2.24, 2.45) is 0 Å². The number of ether oxygens (including phenoxy) is 2. The SMILES string of the molecule is OC1CCCO1.[C-]#[N+]c1cc(C(=O)O)ccn1.[C-]#[N+]c1cc(C(=O)OC)ccn1.[Li+].[OH-]. The van der Waals surface area contributed by atoms with Crippen molar-refractivity contribution >= 4 is 23.6 Å². The Morgan fingerprint density at radius 2 is 1.65 bits per heavy atom. The molecule has 31 heavy (non-hydrogen) atoms. The molecule has 1 unspecified atom stereocenters. The molecule has 0 saturated carbocycles. The van der Waals surface area contributed by atoms with Gasteiger partial charge in [-0.25, -0.2) is 9.59 Å². The molecule has 1 aliphatic heterocycles. The minimum absolute atomic E-state index is 0. The largest absolute Gasteiger partial charge is 1.00 e. The fourth-order valence-electron chi connectivity index (χ4n) is 1.90. The second-order valence-corrected chi connectivity index (χ2v) is 5.29. The molecule has 1 fully saturated rings. The van der Waals surface area contributed by atoms with Crippen molar-refractivity contribution < 1.29 is 53.6 Å². The van der Waals surface area contributed by atoms with Crippen LogP contribution in [0.3, 0.4) is 0 Å². The predicted molar refractivity (Wildman–Crippen MR) is 102 cm³/mol. The summed E-state index contributed by atoms with van der Waals surface area (Å²) in [7, 11) is 1.29. The van der Waals surface area contributed by atoms with Gasteiger partial charge in [-0.05, 0) is 30.7 Å². The van der Waals surface area contributed by atoms with Crippen molar-refractivity contribution in [1.82, 2.24) is 9.97 Å². The fourth-order valence-corrected chi connectivity index (χ4v) is 1.90. The number of hydrogen-bond donors (Lipinski definition) is 2. The Bertz CT molecular complexity index is 922. The summed E-state index contributed by atoms with van der Waals surface area (Å²) < 4.78 is 9.17. The first-order chi connectivity index (χ1) is 13.9. The maximum atomic E-state index is 10.9. The van der Waals surface area contributed by atoms with E-state index < -0.39 is 18.2 Å². The van der Waals surface area contributed by atoms with E-state index in [2.05, 4.69) is 24.4 Å². The quantitative estimate of drug-likeness (QED) is 0.376. The van der Waals surface area contributed by atoms with E-state index in [1.807, 2.05) is 0 Å². The molecule has 11 nitrogen and oxygen atoms in total. The number of hydrogen-bond acceptors (Lipinski definition) is 8. The van der Waals surface area contributed by atoms with E-state index in [1.54, 1.807) is 0 Å². The van der Waals surface area contributed by atoms with Gasteiger partial charge in [0.05, 0.1) is 18.2 Å². The molecule has 1 atom stereocenters. The number of aromatic nitrogens is 2. The molecule has 3 N–H and O–H groups in total. The van der Waals surface area contributed by atoms with Crippen LogP contribution < -0.4 is 18.9 Å². The molecule has 3 heterocycles. The first-order valence-electron chi connectivity index (χ1n) is 8.19. The topological polar surface area (TPSA) is 158 Å². The molecule has 0 amide bonds. The number of carboxylic acids is 1. The van der Waals surface area contributed by atoms with Crippen molar-refractivity contribution in [2.75, 3.05) is 13.7 Å². The van der Waals surface area contributed by atoms with Gasteiger partial charge in [-0.3, -0.25) is 0 Å². The molecule has 2 aromatic heterocycles. The average molecular weight is 422 g/mol. The third-order valence-corrected chi connectivity index (χ3v) is 3.29. The van der Waals surface area contributed by atoms with Gasteiger partial charge in [0.25, 0.3) is 11.6 Å². The van der Waals surface area contributed by atoms with Crippen LogP contribution in [0, 0.1) is 13.1 Å². The molecule has 0 aromatic carbocycles. The first kappa shape index (κ1) is 29.9. The van der Waals surface area contributed by atoms with Crippen LogP contribution in [0.15, 0.2) is 36.7 Å². The zero-order valence-corrected chi connectivity index (χ0v) is 16.9. The van der Waals surface area contributed by atoms with Gasteiger partial charge < -0.3 is 34.9 Å². The Labute approximate surface area is 190 Å². The summed E-state index contributed by atoms with van der Waals surface area (Å²) in [5.74, 6) is -1.21. The van der Waals surface area contributed by atoms with Crippen molar-refractivity contribution in [2.45, 2.75) is 19.1 Å². The minimum atomic E-state index is -1.04. The van der Waals surface area contributed by atoms with Gasteiger partial charge in [-0.1, -0.05) is 13.1 Å². The van der Waals surface area contributed by atoms with Gasteiger partial charge in [-0.2, -0.15) is 0 Å². The molecular weight excluding hydrogens is 403 g/mol.